The van der Waals surface area contributed by atoms with Crippen molar-refractivity contribution in [2.24, 2.45) is 5.92 Å². The quantitative estimate of drug-likeness (QED) is 0.655. The molecule has 7 nitrogen and oxygen atoms in total. The van der Waals surface area contributed by atoms with E-state index in [1.54, 1.807) is 29.2 Å². The normalized spacial score (nSPS) is 17.7. The van der Waals surface area contributed by atoms with Gasteiger partial charge in [-0.25, -0.2) is 0 Å². The molecule has 164 valence electrons. The number of likely N-dealkylation sites (tertiary alicyclic amines) is 1. The van der Waals surface area contributed by atoms with Crippen LogP contribution >= 0.6 is 0 Å². The van der Waals surface area contributed by atoms with E-state index in [-0.39, 0.29) is 24.9 Å². The molecule has 0 radical (unpaired) electrons. The molecule has 3 rings (SSSR count). The minimum absolute atomic E-state index is 0.0865. The largest absolute Gasteiger partial charge is 0.494 e. The van der Waals surface area contributed by atoms with Gasteiger partial charge in [0.2, 0.25) is 5.91 Å². The number of benzene rings is 2. The van der Waals surface area contributed by atoms with Crippen LogP contribution in [-0.4, -0.2) is 41.9 Å². The van der Waals surface area contributed by atoms with Gasteiger partial charge in [0.25, 0.3) is 5.91 Å². The Labute approximate surface area is 182 Å². The molecular formula is C24H28N2O5. The molecule has 1 heterocycles. The number of esters is 1. The molecule has 2 aromatic rings. The summed E-state index contributed by atoms with van der Waals surface area (Å²) < 4.78 is 10.7. The molecule has 0 unspecified atom stereocenters. The van der Waals surface area contributed by atoms with Gasteiger partial charge in [0, 0.05) is 18.7 Å². The summed E-state index contributed by atoms with van der Waals surface area (Å²) in [6.07, 6.45) is -0.891. The van der Waals surface area contributed by atoms with Crippen LogP contribution in [0, 0.1) is 5.92 Å². The fourth-order valence-corrected chi connectivity index (χ4v) is 3.54. The van der Waals surface area contributed by atoms with Crippen molar-refractivity contribution in [2.75, 3.05) is 18.5 Å². The number of anilines is 1. The molecule has 0 bridgehead atoms. The minimum Gasteiger partial charge on any atom is -0.494 e. The third-order valence-electron chi connectivity index (χ3n) is 5.34. The predicted molar refractivity (Wildman–Crippen MR) is 116 cm³/mol. The Morgan fingerprint density at radius 3 is 2.42 bits per heavy atom. The minimum atomic E-state index is -0.977. The standard InChI is InChI=1S/C24H28N2O5/c1-4-30-21-12-10-20(11-13-21)25-23(28)17(3)31-24(29)19-14-22(27)26(15-19)16(2)18-8-6-5-7-9-18/h5-13,16-17,19H,4,14-15H2,1-3H3,(H,25,28)/t16-,17+,19-/m0/s1. The molecule has 1 N–H and O–H groups in total. The van der Waals surface area contributed by atoms with Crippen LogP contribution in [0.25, 0.3) is 0 Å². The highest BCUT2D eigenvalue weighted by Crippen LogP contribution is 2.29. The zero-order valence-corrected chi connectivity index (χ0v) is 18.0. The van der Waals surface area contributed by atoms with E-state index in [0.717, 1.165) is 5.56 Å². The first kappa shape index (κ1) is 22.3. The molecule has 0 spiro atoms. The SMILES string of the molecule is CCOc1ccc(NC(=O)[C@@H](C)OC(=O)[C@H]2CC(=O)N([C@@H](C)c3ccccc3)C2)cc1. The predicted octanol–water partition coefficient (Wildman–Crippen LogP) is 3.57. The van der Waals surface area contributed by atoms with Gasteiger partial charge in [0.15, 0.2) is 6.10 Å². The Hall–Kier alpha value is -3.35. The second kappa shape index (κ2) is 10.1. The molecule has 1 saturated heterocycles. The van der Waals surface area contributed by atoms with Crippen LogP contribution in [0.4, 0.5) is 5.69 Å². The maximum atomic E-state index is 12.6. The van der Waals surface area contributed by atoms with E-state index in [2.05, 4.69) is 5.32 Å². The number of carbonyl (C=O) groups is 3. The lowest BCUT2D eigenvalue weighted by atomic mass is 10.1. The summed E-state index contributed by atoms with van der Waals surface area (Å²) >= 11 is 0. The highest BCUT2D eigenvalue weighted by atomic mass is 16.5. The third-order valence-corrected chi connectivity index (χ3v) is 5.34. The first-order valence-electron chi connectivity index (χ1n) is 10.5. The zero-order chi connectivity index (χ0) is 22.4. The Morgan fingerprint density at radius 1 is 1.10 bits per heavy atom. The topological polar surface area (TPSA) is 84.9 Å². The van der Waals surface area contributed by atoms with E-state index in [1.165, 1.54) is 6.92 Å². The average Bonchev–Trinajstić information content (AvgIpc) is 3.17. The second-order valence-electron chi connectivity index (χ2n) is 7.56. The summed E-state index contributed by atoms with van der Waals surface area (Å²) in [5, 5.41) is 2.72. The summed E-state index contributed by atoms with van der Waals surface area (Å²) in [6.45, 7) is 6.19. The number of hydrogen-bond donors (Lipinski definition) is 1. The highest BCUT2D eigenvalue weighted by Gasteiger charge is 2.38. The summed E-state index contributed by atoms with van der Waals surface area (Å²) in [5.74, 6) is -0.939. The van der Waals surface area contributed by atoms with Crippen LogP contribution in [0.2, 0.25) is 0 Å². The van der Waals surface area contributed by atoms with Gasteiger partial charge in [0.05, 0.1) is 18.6 Å². The first-order valence-corrected chi connectivity index (χ1v) is 10.5. The summed E-state index contributed by atoms with van der Waals surface area (Å²) in [6, 6.07) is 16.5. The van der Waals surface area contributed by atoms with Gasteiger partial charge in [0.1, 0.15) is 5.75 Å². The first-order chi connectivity index (χ1) is 14.9. The molecule has 31 heavy (non-hydrogen) atoms. The van der Waals surface area contributed by atoms with E-state index in [1.807, 2.05) is 44.2 Å². The Bertz CT molecular complexity index is 913. The zero-order valence-electron chi connectivity index (χ0n) is 18.0. The summed E-state index contributed by atoms with van der Waals surface area (Å²) in [4.78, 5) is 39.1. The van der Waals surface area contributed by atoms with E-state index in [0.29, 0.717) is 18.0 Å². The van der Waals surface area contributed by atoms with Gasteiger partial charge < -0.3 is 19.7 Å². The Kier molecular flexibility index (Phi) is 7.28. The maximum absolute atomic E-state index is 12.6. The van der Waals surface area contributed by atoms with Gasteiger partial charge in [-0.05, 0) is 50.6 Å². The van der Waals surface area contributed by atoms with Crippen LogP contribution < -0.4 is 10.1 Å². The van der Waals surface area contributed by atoms with Crippen molar-refractivity contribution >= 4 is 23.5 Å². The maximum Gasteiger partial charge on any atom is 0.312 e. The molecule has 1 fully saturated rings. The van der Waals surface area contributed by atoms with E-state index in [9.17, 15) is 14.4 Å². The van der Waals surface area contributed by atoms with Crippen molar-refractivity contribution in [1.29, 1.82) is 0 Å². The number of amides is 2. The van der Waals surface area contributed by atoms with Crippen LogP contribution in [-0.2, 0) is 19.1 Å². The lowest BCUT2D eigenvalue weighted by Gasteiger charge is -2.25. The van der Waals surface area contributed by atoms with Gasteiger partial charge in [-0.2, -0.15) is 0 Å². The number of ether oxygens (including phenoxy) is 2. The molecule has 0 aromatic heterocycles. The highest BCUT2D eigenvalue weighted by molar-refractivity contribution is 5.95. The smallest absolute Gasteiger partial charge is 0.312 e. The van der Waals surface area contributed by atoms with Crippen molar-refractivity contribution in [3.63, 3.8) is 0 Å². The van der Waals surface area contributed by atoms with Crippen LogP contribution in [0.5, 0.6) is 5.75 Å². The Morgan fingerprint density at radius 2 is 1.77 bits per heavy atom. The molecule has 2 aromatic carbocycles. The van der Waals surface area contributed by atoms with E-state index >= 15 is 0 Å². The number of rotatable bonds is 8. The monoisotopic (exact) mass is 424 g/mol. The lowest BCUT2D eigenvalue weighted by molar-refractivity contribution is -0.157. The van der Waals surface area contributed by atoms with Crippen LogP contribution in [0.1, 0.15) is 38.8 Å². The number of nitrogens with one attached hydrogen (secondary N) is 1. The summed E-state index contributed by atoms with van der Waals surface area (Å²) in [5.41, 5.74) is 1.59. The lowest BCUT2D eigenvalue weighted by Crippen LogP contribution is -2.33. The number of nitrogens with zero attached hydrogens (tertiary/aromatic N) is 1. The van der Waals surface area contributed by atoms with Crippen molar-refractivity contribution in [1.82, 2.24) is 4.90 Å². The third kappa shape index (κ3) is 5.63. The fraction of sp³-hybridized carbons (Fsp3) is 0.375. The second-order valence-corrected chi connectivity index (χ2v) is 7.56. The average molecular weight is 424 g/mol. The molecule has 1 aliphatic heterocycles. The number of carbonyl (C=O) groups excluding carboxylic acids is 3. The molecule has 0 aliphatic carbocycles. The molecule has 3 atom stereocenters. The van der Waals surface area contributed by atoms with Gasteiger partial charge in [-0.1, -0.05) is 30.3 Å². The molecule has 2 amide bonds. The molecule has 7 heteroatoms. The van der Waals surface area contributed by atoms with Crippen molar-refractivity contribution in [2.45, 2.75) is 39.3 Å². The van der Waals surface area contributed by atoms with Gasteiger partial charge in [-0.3, -0.25) is 14.4 Å². The van der Waals surface area contributed by atoms with Crippen molar-refractivity contribution < 1.29 is 23.9 Å². The van der Waals surface area contributed by atoms with Gasteiger partial charge >= 0.3 is 5.97 Å². The van der Waals surface area contributed by atoms with Gasteiger partial charge in [-0.15, -0.1) is 0 Å². The molecule has 1 aliphatic rings. The van der Waals surface area contributed by atoms with Crippen molar-refractivity contribution in [3.8, 4) is 5.75 Å². The summed E-state index contributed by atoms with van der Waals surface area (Å²) in [7, 11) is 0. The molecular weight excluding hydrogens is 396 g/mol. The Balaban J connectivity index is 1.53. The van der Waals surface area contributed by atoms with Crippen LogP contribution in [0.15, 0.2) is 54.6 Å². The van der Waals surface area contributed by atoms with E-state index < -0.39 is 23.9 Å². The number of hydrogen-bond acceptors (Lipinski definition) is 5. The fourth-order valence-electron chi connectivity index (χ4n) is 3.54. The van der Waals surface area contributed by atoms with Crippen molar-refractivity contribution in [3.05, 3.63) is 60.2 Å². The van der Waals surface area contributed by atoms with Crippen LogP contribution in [0.3, 0.4) is 0 Å². The molecule has 0 saturated carbocycles. The van der Waals surface area contributed by atoms with E-state index in [4.69, 9.17) is 9.47 Å².